The Hall–Kier alpha value is -2.33. The van der Waals surface area contributed by atoms with Crippen molar-refractivity contribution in [3.63, 3.8) is 0 Å². The summed E-state index contributed by atoms with van der Waals surface area (Å²) in [6, 6.07) is 3.14. The molecule has 1 saturated heterocycles. The molecule has 156 valence electrons. The van der Waals surface area contributed by atoms with Gasteiger partial charge in [0.15, 0.2) is 5.82 Å². The van der Waals surface area contributed by atoms with Crippen molar-refractivity contribution in [3.05, 3.63) is 36.2 Å². The highest BCUT2D eigenvalue weighted by atomic mass is 32.2. The minimum absolute atomic E-state index is 0.0622. The minimum atomic E-state index is -3.58. The molecule has 0 unspecified atom stereocenters. The first-order valence-corrected chi connectivity index (χ1v) is 11.4. The van der Waals surface area contributed by atoms with Gasteiger partial charge in [-0.1, -0.05) is 18.0 Å². The number of pyridine rings is 1. The third-order valence-corrected chi connectivity index (χ3v) is 7.75. The van der Waals surface area contributed by atoms with E-state index >= 15 is 0 Å². The standard InChI is InChI=1S/C19H25N5O4S/c1-14-21-18(23-28-14)19(8-2-3-9-19)22-17(25)15-6-11-24(12-7-15)29(26,27)16-5-4-10-20-13-16/h4-5,10,13,15H,2-3,6-9,11-12H2,1H3,(H,22,25). The van der Waals surface area contributed by atoms with Crippen molar-refractivity contribution in [2.45, 2.75) is 55.9 Å². The van der Waals surface area contributed by atoms with Gasteiger partial charge in [0.25, 0.3) is 0 Å². The van der Waals surface area contributed by atoms with E-state index in [4.69, 9.17) is 4.52 Å². The van der Waals surface area contributed by atoms with Crippen molar-refractivity contribution in [2.24, 2.45) is 5.92 Å². The van der Waals surface area contributed by atoms with Crippen LogP contribution in [0.3, 0.4) is 0 Å². The van der Waals surface area contributed by atoms with E-state index in [9.17, 15) is 13.2 Å². The molecule has 4 rings (SSSR count). The molecule has 9 nitrogen and oxygen atoms in total. The van der Waals surface area contributed by atoms with E-state index < -0.39 is 15.6 Å². The zero-order valence-corrected chi connectivity index (χ0v) is 17.2. The van der Waals surface area contributed by atoms with Crippen LogP contribution in [0.2, 0.25) is 0 Å². The summed E-state index contributed by atoms with van der Waals surface area (Å²) >= 11 is 0. The van der Waals surface area contributed by atoms with Gasteiger partial charge in [0.1, 0.15) is 10.4 Å². The second-order valence-electron chi connectivity index (χ2n) is 7.78. The molecule has 2 aromatic rings. The molecule has 0 bridgehead atoms. The van der Waals surface area contributed by atoms with Gasteiger partial charge in [0.05, 0.1) is 0 Å². The molecule has 0 spiro atoms. The maximum atomic E-state index is 13.0. The fourth-order valence-corrected chi connectivity index (χ4v) is 5.66. The van der Waals surface area contributed by atoms with Crippen LogP contribution in [-0.4, -0.2) is 46.8 Å². The number of amides is 1. The van der Waals surface area contributed by atoms with E-state index in [2.05, 4.69) is 20.4 Å². The summed E-state index contributed by atoms with van der Waals surface area (Å²) in [5.74, 6) is 0.723. The lowest BCUT2D eigenvalue weighted by molar-refractivity contribution is -0.128. The van der Waals surface area contributed by atoms with E-state index in [1.165, 1.54) is 16.6 Å². The molecule has 2 aliphatic rings. The second-order valence-corrected chi connectivity index (χ2v) is 9.72. The van der Waals surface area contributed by atoms with Crippen molar-refractivity contribution >= 4 is 15.9 Å². The predicted octanol–water partition coefficient (Wildman–Crippen LogP) is 1.76. The molecule has 1 N–H and O–H groups in total. The molecule has 2 fully saturated rings. The van der Waals surface area contributed by atoms with Crippen molar-refractivity contribution in [3.8, 4) is 0 Å². The molecule has 3 heterocycles. The fourth-order valence-electron chi connectivity index (χ4n) is 4.22. The number of rotatable bonds is 5. The fraction of sp³-hybridized carbons (Fsp3) is 0.579. The SMILES string of the molecule is Cc1nc(C2(NC(=O)C3CCN(S(=O)(=O)c4cccnc4)CC3)CCCC2)no1. The summed E-state index contributed by atoms with van der Waals surface area (Å²) in [6.07, 6.45) is 7.41. The van der Waals surface area contributed by atoms with Crippen molar-refractivity contribution in [1.29, 1.82) is 0 Å². The number of aromatic nitrogens is 3. The largest absolute Gasteiger partial charge is 0.343 e. The number of piperidine rings is 1. The Kier molecular flexibility index (Phi) is 5.39. The van der Waals surface area contributed by atoms with Crippen LogP contribution in [0, 0.1) is 12.8 Å². The molecular weight excluding hydrogens is 394 g/mol. The van der Waals surface area contributed by atoms with Gasteiger partial charge in [-0.3, -0.25) is 9.78 Å². The minimum Gasteiger partial charge on any atom is -0.343 e. The number of sulfonamides is 1. The Morgan fingerprint density at radius 1 is 1.28 bits per heavy atom. The maximum Gasteiger partial charge on any atom is 0.244 e. The van der Waals surface area contributed by atoms with E-state index in [-0.39, 0.29) is 16.7 Å². The molecule has 1 aliphatic carbocycles. The molecule has 29 heavy (non-hydrogen) atoms. The lowest BCUT2D eigenvalue weighted by atomic mass is 9.92. The van der Waals surface area contributed by atoms with Crippen LogP contribution in [0.4, 0.5) is 0 Å². The number of carbonyl (C=O) groups excluding carboxylic acids is 1. The van der Waals surface area contributed by atoms with Crippen molar-refractivity contribution in [1.82, 2.24) is 24.7 Å². The van der Waals surface area contributed by atoms with Crippen LogP contribution in [0.15, 0.2) is 33.9 Å². The van der Waals surface area contributed by atoms with Gasteiger partial charge in [0.2, 0.25) is 21.8 Å². The number of aryl methyl sites for hydroxylation is 1. The van der Waals surface area contributed by atoms with Gasteiger partial charge in [-0.2, -0.15) is 9.29 Å². The smallest absolute Gasteiger partial charge is 0.244 e. The number of nitrogens with one attached hydrogen (secondary N) is 1. The molecule has 0 radical (unpaired) electrons. The highest BCUT2D eigenvalue weighted by Gasteiger charge is 2.43. The Bertz CT molecular complexity index is 961. The van der Waals surface area contributed by atoms with E-state index in [0.29, 0.717) is 37.6 Å². The van der Waals surface area contributed by atoms with Gasteiger partial charge in [-0.05, 0) is 37.8 Å². The maximum absolute atomic E-state index is 13.0. The third-order valence-electron chi connectivity index (χ3n) is 5.87. The number of nitrogens with zero attached hydrogens (tertiary/aromatic N) is 4. The van der Waals surface area contributed by atoms with Gasteiger partial charge in [0, 0.05) is 38.3 Å². The van der Waals surface area contributed by atoms with Gasteiger partial charge >= 0.3 is 0 Å². The molecule has 1 saturated carbocycles. The van der Waals surface area contributed by atoms with Crippen LogP contribution in [0.1, 0.15) is 50.2 Å². The van der Waals surface area contributed by atoms with Crippen molar-refractivity contribution < 1.29 is 17.7 Å². The van der Waals surface area contributed by atoms with Crippen LogP contribution >= 0.6 is 0 Å². The first-order chi connectivity index (χ1) is 13.9. The molecule has 1 aliphatic heterocycles. The number of hydrogen-bond donors (Lipinski definition) is 1. The number of carbonyl (C=O) groups is 1. The summed E-state index contributed by atoms with van der Waals surface area (Å²) < 4.78 is 32.0. The topological polar surface area (TPSA) is 118 Å². The molecule has 10 heteroatoms. The predicted molar refractivity (Wildman–Crippen MR) is 103 cm³/mol. The first kappa shape index (κ1) is 20.0. The highest BCUT2D eigenvalue weighted by molar-refractivity contribution is 7.89. The van der Waals surface area contributed by atoms with Gasteiger partial charge in [-0.25, -0.2) is 8.42 Å². The zero-order valence-electron chi connectivity index (χ0n) is 16.4. The normalized spacial score (nSPS) is 20.6. The van der Waals surface area contributed by atoms with Crippen LogP contribution in [-0.2, 0) is 20.4 Å². The summed E-state index contributed by atoms with van der Waals surface area (Å²) in [5, 5.41) is 7.23. The average Bonchev–Trinajstić information content (AvgIpc) is 3.39. The Morgan fingerprint density at radius 3 is 2.59 bits per heavy atom. The molecule has 0 atom stereocenters. The van der Waals surface area contributed by atoms with Crippen LogP contribution < -0.4 is 5.32 Å². The van der Waals surface area contributed by atoms with E-state index in [1.54, 1.807) is 19.2 Å². The molecular formula is C19H25N5O4S. The summed E-state index contributed by atoms with van der Waals surface area (Å²) in [4.78, 5) is 21.4. The quantitative estimate of drug-likeness (QED) is 0.784. The lowest BCUT2D eigenvalue weighted by Crippen LogP contribution is -2.49. The molecule has 2 aromatic heterocycles. The van der Waals surface area contributed by atoms with Crippen LogP contribution in [0.25, 0.3) is 0 Å². The Balaban J connectivity index is 1.41. The third kappa shape index (κ3) is 3.91. The lowest BCUT2D eigenvalue weighted by Gasteiger charge is -2.33. The summed E-state index contributed by atoms with van der Waals surface area (Å²) in [7, 11) is -3.58. The van der Waals surface area contributed by atoms with Gasteiger partial charge < -0.3 is 9.84 Å². The zero-order chi connectivity index (χ0) is 20.5. The molecule has 0 aromatic carbocycles. The summed E-state index contributed by atoms with van der Waals surface area (Å²) in [5.41, 5.74) is -0.576. The second kappa shape index (κ2) is 7.83. The summed E-state index contributed by atoms with van der Waals surface area (Å²) in [6.45, 7) is 2.35. The molecule has 1 amide bonds. The Labute approximate surface area is 169 Å². The van der Waals surface area contributed by atoms with Crippen LogP contribution in [0.5, 0.6) is 0 Å². The monoisotopic (exact) mass is 419 g/mol. The Morgan fingerprint density at radius 2 is 2.00 bits per heavy atom. The highest BCUT2D eigenvalue weighted by Crippen LogP contribution is 2.38. The van der Waals surface area contributed by atoms with Crippen molar-refractivity contribution in [2.75, 3.05) is 13.1 Å². The van der Waals surface area contributed by atoms with E-state index in [0.717, 1.165) is 25.7 Å². The average molecular weight is 420 g/mol. The number of hydrogen-bond acceptors (Lipinski definition) is 7. The van der Waals surface area contributed by atoms with Gasteiger partial charge in [-0.15, -0.1) is 0 Å². The first-order valence-electron chi connectivity index (χ1n) is 9.94. The van der Waals surface area contributed by atoms with E-state index in [1.807, 2.05) is 0 Å².